The van der Waals surface area contributed by atoms with Crippen LogP contribution in [0.4, 0.5) is 0 Å². The Morgan fingerprint density at radius 2 is 0.935 bits per heavy atom. The maximum atomic E-state index is 13.5. The molecule has 0 unspecified atom stereocenters. The largest absolute Gasteiger partial charge is 0.343 e. The number of ketones is 1. The van der Waals surface area contributed by atoms with Gasteiger partial charge in [-0.05, 0) is 22.3 Å². The number of Topliss-reactive ketones (excluding diaryl/α,β-unsaturated/α-hetero) is 1. The van der Waals surface area contributed by atoms with E-state index in [1.54, 1.807) is 0 Å². The second kappa shape index (κ2) is 9.09. The van der Waals surface area contributed by atoms with Gasteiger partial charge in [0.15, 0.2) is 0 Å². The molecule has 31 heavy (non-hydrogen) atoms. The predicted octanol–water partition coefficient (Wildman–Crippen LogP) is 6.35. The molecule has 3 nitrogen and oxygen atoms in total. The average Bonchev–Trinajstić information content (AvgIpc) is 2.86. The highest BCUT2D eigenvalue weighted by atomic mass is 16.7. The van der Waals surface area contributed by atoms with Crippen LogP contribution in [0.3, 0.4) is 0 Å². The minimum Gasteiger partial charge on any atom is -0.343 e. The van der Waals surface area contributed by atoms with Crippen molar-refractivity contribution in [1.29, 1.82) is 0 Å². The zero-order chi connectivity index (χ0) is 21.7. The molecule has 0 radical (unpaired) electrons. The molecule has 0 aliphatic heterocycles. The Kier molecular flexibility index (Phi) is 6.08. The Morgan fingerprint density at radius 3 is 1.35 bits per heavy atom. The van der Waals surface area contributed by atoms with Gasteiger partial charge in [0.2, 0.25) is 5.78 Å². The summed E-state index contributed by atoms with van der Waals surface area (Å²) < 4.78 is 11.4. The van der Waals surface area contributed by atoms with Gasteiger partial charge in [0.1, 0.15) is 0 Å². The highest BCUT2D eigenvalue weighted by Crippen LogP contribution is 2.33. The first-order valence-corrected chi connectivity index (χ1v) is 10.1. The van der Waals surface area contributed by atoms with Crippen molar-refractivity contribution in [2.45, 2.75) is 5.79 Å². The molecule has 4 aromatic carbocycles. The van der Waals surface area contributed by atoms with Gasteiger partial charge in [-0.3, -0.25) is 4.79 Å². The van der Waals surface area contributed by atoms with E-state index in [0.29, 0.717) is 11.1 Å². The number of rotatable bonds is 7. The number of hydrogen-bond donors (Lipinski definition) is 0. The van der Waals surface area contributed by atoms with Crippen molar-refractivity contribution >= 4 is 5.78 Å². The molecular weight excluding hydrogens is 384 g/mol. The minimum atomic E-state index is -1.51. The third kappa shape index (κ3) is 4.06. The number of carbonyl (C=O) groups is 1. The molecule has 0 aliphatic carbocycles. The first-order valence-electron chi connectivity index (χ1n) is 10.1. The summed E-state index contributed by atoms with van der Waals surface area (Å²) in [6, 6.07) is 35.4. The number of carbonyl (C=O) groups excluding carboxylic acids is 1. The molecule has 4 rings (SSSR count). The van der Waals surface area contributed by atoms with Crippen LogP contribution in [0.5, 0.6) is 0 Å². The lowest BCUT2D eigenvalue weighted by Crippen LogP contribution is -2.40. The minimum absolute atomic E-state index is 0.246. The van der Waals surface area contributed by atoms with Crippen LogP contribution < -0.4 is 0 Å². The molecule has 0 atom stereocenters. The topological polar surface area (TPSA) is 35.5 Å². The van der Waals surface area contributed by atoms with Crippen LogP contribution in [-0.2, 0) is 15.3 Å². The number of hydrogen-bond acceptors (Lipinski definition) is 3. The molecule has 0 saturated carbocycles. The molecule has 0 fully saturated rings. The van der Waals surface area contributed by atoms with Gasteiger partial charge < -0.3 is 9.47 Å². The lowest BCUT2D eigenvalue weighted by molar-refractivity contribution is -0.176. The molecule has 0 bridgehead atoms. The van der Waals surface area contributed by atoms with Gasteiger partial charge in [0.05, 0.1) is 0 Å². The van der Waals surface area contributed by atoms with Crippen LogP contribution >= 0.6 is 0 Å². The summed E-state index contributed by atoms with van der Waals surface area (Å²) in [6.45, 7) is 0. The van der Waals surface area contributed by atoms with Gasteiger partial charge in [-0.2, -0.15) is 0 Å². The molecule has 3 heteroatoms. The highest BCUT2D eigenvalue weighted by Gasteiger charge is 2.41. The Balaban J connectivity index is 1.65. The third-order valence-corrected chi connectivity index (χ3v) is 5.50. The van der Waals surface area contributed by atoms with Gasteiger partial charge in [-0.15, -0.1) is 0 Å². The van der Waals surface area contributed by atoms with Gasteiger partial charge in [-0.1, -0.05) is 109 Å². The van der Waals surface area contributed by atoms with E-state index in [1.165, 1.54) is 14.2 Å². The molecule has 0 aromatic heterocycles. The maximum absolute atomic E-state index is 13.5. The number of benzene rings is 4. The summed E-state index contributed by atoms with van der Waals surface area (Å²) in [6.07, 6.45) is 0. The van der Waals surface area contributed by atoms with E-state index in [0.717, 1.165) is 22.3 Å². The van der Waals surface area contributed by atoms with E-state index in [9.17, 15) is 4.79 Å². The van der Waals surface area contributed by atoms with E-state index in [2.05, 4.69) is 0 Å². The summed E-state index contributed by atoms with van der Waals surface area (Å²) in [5.74, 6) is -1.76. The molecule has 4 aromatic rings. The van der Waals surface area contributed by atoms with E-state index >= 15 is 0 Å². The average molecular weight is 408 g/mol. The van der Waals surface area contributed by atoms with Crippen molar-refractivity contribution in [3.8, 4) is 22.3 Å². The Labute approximate surface area is 182 Å². The standard InChI is InChI=1S/C28H24O3/c1-30-28(31-2,26-19-17-24(18-20-26)22-11-7-4-8-12-22)27(29)25-15-13-23(14-16-25)21-9-5-3-6-10-21/h3-20H,1-2H3. The first-order chi connectivity index (χ1) is 15.2. The highest BCUT2D eigenvalue weighted by molar-refractivity contribution is 6.02. The Morgan fingerprint density at radius 1 is 0.548 bits per heavy atom. The zero-order valence-electron chi connectivity index (χ0n) is 17.6. The van der Waals surface area contributed by atoms with E-state index < -0.39 is 5.79 Å². The van der Waals surface area contributed by atoms with Gasteiger partial charge in [0.25, 0.3) is 5.79 Å². The quantitative estimate of drug-likeness (QED) is 0.264. The third-order valence-electron chi connectivity index (χ3n) is 5.50. The molecule has 0 spiro atoms. The van der Waals surface area contributed by atoms with Crippen molar-refractivity contribution < 1.29 is 14.3 Å². The van der Waals surface area contributed by atoms with Crippen molar-refractivity contribution in [3.05, 3.63) is 120 Å². The molecule has 0 N–H and O–H groups in total. The second-order valence-corrected chi connectivity index (χ2v) is 7.24. The number of ether oxygens (including phenoxy) is 2. The normalized spacial score (nSPS) is 11.3. The van der Waals surface area contributed by atoms with Crippen molar-refractivity contribution in [2.75, 3.05) is 14.2 Å². The van der Waals surface area contributed by atoms with Crippen LogP contribution in [0.25, 0.3) is 22.3 Å². The summed E-state index contributed by atoms with van der Waals surface area (Å²) in [5.41, 5.74) is 5.49. The summed E-state index contributed by atoms with van der Waals surface area (Å²) >= 11 is 0. The Hall–Kier alpha value is -3.53. The van der Waals surface area contributed by atoms with Gasteiger partial charge in [-0.25, -0.2) is 0 Å². The SMILES string of the molecule is COC(OC)(C(=O)c1ccc(-c2ccccc2)cc1)c1ccc(-c2ccccc2)cc1. The molecule has 154 valence electrons. The molecule has 0 amide bonds. The summed E-state index contributed by atoms with van der Waals surface area (Å²) in [4.78, 5) is 13.5. The fraction of sp³-hybridized carbons (Fsp3) is 0.107. The maximum Gasteiger partial charge on any atom is 0.260 e. The molecule has 0 saturated heterocycles. The van der Waals surface area contributed by atoms with Crippen LogP contribution in [0.15, 0.2) is 109 Å². The summed E-state index contributed by atoms with van der Waals surface area (Å²) in [5, 5.41) is 0. The van der Waals surface area contributed by atoms with Gasteiger partial charge >= 0.3 is 0 Å². The van der Waals surface area contributed by atoms with Crippen LogP contribution in [0, 0.1) is 0 Å². The first kappa shape index (κ1) is 20.7. The van der Waals surface area contributed by atoms with E-state index in [4.69, 9.17) is 9.47 Å². The smallest absolute Gasteiger partial charge is 0.260 e. The van der Waals surface area contributed by atoms with Crippen molar-refractivity contribution in [2.24, 2.45) is 0 Å². The summed E-state index contributed by atoms with van der Waals surface area (Å²) in [7, 11) is 2.98. The lowest BCUT2D eigenvalue weighted by atomic mass is 9.93. The van der Waals surface area contributed by atoms with Crippen LogP contribution in [0.1, 0.15) is 15.9 Å². The second-order valence-electron chi connectivity index (χ2n) is 7.24. The zero-order valence-corrected chi connectivity index (χ0v) is 17.6. The predicted molar refractivity (Wildman–Crippen MR) is 124 cm³/mol. The van der Waals surface area contributed by atoms with E-state index in [1.807, 2.05) is 109 Å². The van der Waals surface area contributed by atoms with Crippen molar-refractivity contribution in [3.63, 3.8) is 0 Å². The number of methoxy groups -OCH3 is 2. The van der Waals surface area contributed by atoms with Crippen molar-refractivity contribution in [1.82, 2.24) is 0 Å². The lowest BCUT2D eigenvalue weighted by Gasteiger charge is -2.30. The Bertz CT molecular complexity index is 1130. The fourth-order valence-electron chi connectivity index (χ4n) is 3.78. The van der Waals surface area contributed by atoms with Crippen LogP contribution in [0.2, 0.25) is 0 Å². The molecule has 0 heterocycles. The fourth-order valence-corrected chi connectivity index (χ4v) is 3.78. The monoisotopic (exact) mass is 408 g/mol. The molecular formula is C28H24O3. The van der Waals surface area contributed by atoms with Crippen LogP contribution in [-0.4, -0.2) is 20.0 Å². The van der Waals surface area contributed by atoms with Gasteiger partial charge in [0, 0.05) is 25.3 Å². The molecule has 0 aliphatic rings. The van der Waals surface area contributed by atoms with E-state index in [-0.39, 0.29) is 5.78 Å².